The quantitative estimate of drug-likeness (QED) is 0.155. The molecule has 1 fully saturated rings. The van der Waals surface area contributed by atoms with Gasteiger partial charge in [-0.15, -0.1) is 0 Å². The van der Waals surface area contributed by atoms with Crippen molar-refractivity contribution in [2.24, 2.45) is 11.8 Å². The molecule has 1 heterocycles. The first-order valence-corrected chi connectivity index (χ1v) is 14.7. The topological polar surface area (TPSA) is 111 Å². The normalized spacial score (nSPS) is 15.7. The van der Waals surface area contributed by atoms with Crippen LogP contribution in [0.2, 0.25) is 0 Å². The fourth-order valence-corrected chi connectivity index (χ4v) is 5.94. The summed E-state index contributed by atoms with van der Waals surface area (Å²) in [6.07, 6.45) is 3.90. The summed E-state index contributed by atoms with van der Waals surface area (Å²) >= 11 is 0. The van der Waals surface area contributed by atoms with Crippen molar-refractivity contribution in [2.75, 3.05) is 35.7 Å². The van der Waals surface area contributed by atoms with Crippen LogP contribution in [0.4, 0.5) is 16.2 Å². The molecule has 210 valence electrons. The number of carbonyl (C=O) groups excluding carboxylic acids is 1. The van der Waals surface area contributed by atoms with Crippen LogP contribution in [-0.2, 0) is 24.2 Å². The molecule has 9 nitrogen and oxygen atoms in total. The van der Waals surface area contributed by atoms with Crippen LogP contribution in [0, 0.1) is 12.8 Å². The van der Waals surface area contributed by atoms with E-state index in [1.54, 1.807) is 55.5 Å². The number of sulfonamides is 1. The fourth-order valence-electron chi connectivity index (χ4n) is 4.44. The lowest BCUT2D eigenvalue weighted by atomic mass is 9.95. The number of carbonyl (C=O) groups is 1. The molecule has 1 amide bonds. The van der Waals surface area contributed by atoms with Crippen LogP contribution in [0.3, 0.4) is 0 Å². The van der Waals surface area contributed by atoms with Gasteiger partial charge in [-0.05, 0) is 70.0 Å². The molecule has 0 spiro atoms. The van der Waals surface area contributed by atoms with E-state index >= 15 is 0 Å². The van der Waals surface area contributed by atoms with Gasteiger partial charge in [-0.1, -0.05) is 43.9 Å². The highest BCUT2D eigenvalue weighted by Crippen LogP contribution is 2.31. The van der Waals surface area contributed by atoms with Gasteiger partial charge in [0.2, 0.25) is 0 Å². The third-order valence-corrected chi connectivity index (χ3v) is 8.84. The Morgan fingerprint density at radius 1 is 1.00 bits per heavy atom. The van der Waals surface area contributed by atoms with Crippen molar-refractivity contribution in [3.8, 4) is 0 Å². The molecule has 2 aromatic rings. The second-order valence-electron chi connectivity index (χ2n) is 9.79. The van der Waals surface area contributed by atoms with E-state index in [1.165, 1.54) is 4.31 Å². The highest BCUT2D eigenvalue weighted by Gasteiger charge is 2.36. The van der Waals surface area contributed by atoms with Crippen LogP contribution < -0.4 is 15.2 Å². The number of anilines is 2. The summed E-state index contributed by atoms with van der Waals surface area (Å²) in [5.41, 5.74) is 1.89. The number of hydrogen-bond acceptors (Lipinski definition) is 7. The lowest BCUT2D eigenvalue weighted by molar-refractivity contribution is -0.178. The molecule has 38 heavy (non-hydrogen) atoms. The Bertz CT molecular complexity index is 1130. The molecule has 2 aromatic carbocycles. The molecule has 0 bridgehead atoms. The molecule has 1 aliphatic rings. The molecule has 0 radical (unpaired) electrons. The first-order chi connectivity index (χ1) is 18.1. The molecular weight excluding hydrogens is 506 g/mol. The Hall–Kier alpha value is -2.66. The minimum Gasteiger partial charge on any atom is -0.449 e. The second-order valence-corrected chi connectivity index (χ2v) is 11.7. The highest BCUT2D eigenvalue weighted by atomic mass is 32.2. The zero-order valence-electron chi connectivity index (χ0n) is 22.9. The second kappa shape index (κ2) is 13.4. The maximum Gasteiger partial charge on any atom is 0.428 e. The Morgan fingerprint density at radius 2 is 1.58 bits per heavy atom. The lowest BCUT2D eigenvalue weighted by Crippen LogP contribution is -2.38. The monoisotopic (exact) mass is 547 g/mol. The van der Waals surface area contributed by atoms with Gasteiger partial charge < -0.3 is 14.2 Å². The molecule has 10 heteroatoms. The van der Waals surface area contributed by atoms with Gasteiger partial charge in [-0.3, -0.25) is 4.31 Å². The van der Waals surface area contributed by atoms with Crippen LogP contribution in [0.1, 0.15) is 58.4 Å². The number of benzene rings is 2. The van der Waals surface area contributed by atoms with Gasteiger partial charge in [0.25, 0.3) is 10.0 Å². The number of nitrogens with zero attached hydrogens (tertiary/aromatic N) is 2. The molecule has 1 unspecified atom stereocenters. The van der Waals surface area contributed by atoms with E-state index in [4.69, 9.17) is 20.1 Å². The van der Waals surface area contributed by atoms with Gasteiger partial charge in [0.15, 0.2) is 5.79 Å². The minimum absolute atomic E-state index is 0.201. The van der Waals surface area contributed by atoms with Crippen molar-refractivity contribution in [2.45, 2.75) is 70.5 Å². The van der Waals surface area contributed by atoms with Crippen LogP contribution in [0.15, 0.2) is 53.4 Å². The van der Waals surface area contributed by atoms with Crippen molar-refractivity contribution < 1.29 is 27.4 Å². The van der Waals surface area contributed by atoms with E-state index in [0.717, 1.165) is 36.3 Å². The summed E-state index contributed by atoms with van der Waals surface area (Å²) in [6, 6.07) is 13.4. The first-order valence-electron chi connectivity index (χ1n) is 13.3. The summed E-state index contributed by atoms with van der Waals surface area (Å²) in [5, 5.41) is 0.898. The van der Waals surface area contributed by atoms with Crippen molar-refractivity contribution >= 4 is 27.5 Å². The molecule has 1 atom stereocenters. The third kappa shape index (κ3) is 7.47. The lowest BCUT2D eigenvalue weighted by Gasteiger charge is -2.29. The Balaban J connectivity index is 1.67. The van der Waals surface area contributed by atoms with E-state index < -0.39 is 21.9 Å². The van der Waals surface area contributed by atoms with E-state index in [9.17, 15) is 13.2 Å². The maximum absolute atomic E-state index is 13.6. The van der Waals surface area contributed by atoms with Gasteiger partial charge in [-0.25, -0.2) is 24.1 Å². The van der Waals surface area contributed by atoms with Crippen molar-refractivity contribution in [1.29, 1.82) is 0 Å². The van der Waals surface area contributed by atoms with Crippen molar-refractivity contribution in [3.63, 3.8) is 0 Å². The number of ether oxygens (including phenoxy) is 3. The number of amides is 1. The molecule has 1 aliphatic heterocycles. The van der Waals surface area contributed by atoms with Gasteiger partial charge in [0.1, 0.15) is 0 Å². The highest BCUT2D eigenvalue weighted by molar-refractivity contribution is 7.92. The van der Waals surface area contributed by atoms with Gasteiger partial charge in [-0.2, -0.15) is 0 Å². The van der Waals surface area contributed by atoms with Gasteiger partial charge >= 0.3 is 6.09 Å². The van der Waals surface area contributed by atoms with Crippen LogP contribution in [0.25, 0.3) is 0 Å². The van der Waals surface area contributed by atoms with Crippen molar-refractivity contribution in [3.05, 3.63) is 54.1 Å². The summed E-state index contributed by atoms with van der Waals surface area (Å²) < 4.78 is 45.2. The first kappa shape index (κ1) is 29.9. The van der Waals surface area contributed by atoms with Gasteiger partial charge in [0.05, 0.1) is 36.1 Å². The van der Waals surface area contributed by atoms with E-state index in [1.807, 2.05) is 13.8 Å². The summed E-state index contributed by atoms with van der Waals surface area (Å²) in [4.78, 5) is 12.2. The number of rotatable bonds is 13. The molecule has 0 aliphatic carbocycles. The van der Waals surface area contributed by atoms with Crippen LogP contribution in [0.5, 0.6) is 0 Å². The fraction of sp³-hybridized carbons (Fsp3) is 0.536. The summed E-state index contributed by atoms with van der Waals surface area (Å²) in [7, 11) is -3.79. The molecule has 3 rings (SSSR count). The van der Waals surface area contributed by atoms with E-state index in [2.05, 4.69) is 6.92 Å². The SMILES string of the molecule is CCOC(=O)N(N)c1ccc(N(CCCCCCC(C)C2(C)OCCO2)S(=O)(=O)c2ccc(C)cc2)cc1. The largest absolute Gasteiger partial charge is 0.449 e. The number of hydrazine groups is 1. The third-order valence-electron chi connectivity index (χ3n) is 6.99. The van der Waals surface area contributed by atoms with Gasteiger partial charge in [0, 0.05) is 12.5 Å². The number of nitrogens with two attached hydrogens (primary N) is 1. The van der Waals surface area contributed by atoms with E-state index in [-0.39, 0.29) is 11.5 Å². The average Bonchev–Trinajstić information content (AvgIpc) is 3.36. The van der Waals surface area contributed by atoms with Crippen LogP contribution in [-0.4, -0.2) is 46.7 Å². The zero-order valence-corrected chi connectivity index (χ0v) is 23.7. The predicted molar refractivity (Wildman–Crippen MR) is 148 cm³/mol. The number of unbranched alkanes of at least 4 members (excludes halogenated alkanes) is 3. The average molecular weight is 548 g/mol. The minimum atomic E-state index is -3.79. The molecule has 1 saturated heterocycles. The Kier molecular flexibility index (Phi) is 10.6. The molecule has 0 saturated carbocycles. The predicted octanol–water partition coefficient (Wildman–Crippen LogP) is 5.38. The van der Waals surface area contributed by atoms with E-state index in [0.29, 0.717) is 43.5 Å². The zero-order chi connectivity index (χ0) is 27.8. The maximum atomic E-state index is 13.6. The molecular formula is C28H41N3O6S. The van der Waals surface area contributed by atoms with Crippen LogP contribution >= 0.6 is 0 Å². The Labute approximate surface area is 226 Å². The number of hydrogen-bond donors (Lipinski definition) is 1. The summed E-state index contributed by atoms with van der Waals surface area (Å²) in [6.45, 7) is 9.57. The van der Waals surface area contributed by atoms with Crippen molar-refractivity contribution in [1.82, 2.24) is 0 Å². The standard InChI is InChI=1S/C28H41N3O6S/c1-5-35-27(32)31(29)25-15-13-24(14-16-25)30(38(33,34)26-17-11-22(2)12-18-26)19-9-7-6-8-10-23(3)28(4)36-20-21-37-28/h11-18,23H,5-10,19-21,29H2,1-4H3. The number of aryl methyl sites for hydroxylation is 1. The Morgan fingerprint density at radius 3 is 2.18 bits per heavy atom. The molecule has 0 aromatic heterocycles. The molecule has 2 N–H and O–H groups in total. The smallest absolute Gasteiger partial charge is 0.428 e. The summed E-state index contributed by atoms with van der Waals surface area (Å²) in [5.74, 6) is 5.64.